The number of hydrogen-bond donors (Lipinski definition) is 1. The lowest BCUT2D eigenvalue weighted by molar-refractivity contribution is -0.113. The number of aromatic hydroxyl groups is 1. The molecular formula is C18H13ClFNO3S2. The van der Waals surface area contributed by atoms with Crippen molar-refractivity contribution in [2.24, 2.45) is 0 Å². The molecule has 0 saturated carbocycles. The fourth-order valence-electron chi connectivity index (χ4n) is 2.40. The molecule has 0 spiro atoms. The number of thiocarbonyl (C=S) groups is 1. The van der Waals surface area contributed by atoms with Crippen LogP contribution in [0.15, 0.2) is 41.3 Å². The Balaban J connectivity index is 1.97. The maximum absolute atomic E-state index is 14.0. The number of anilines is 1. The van der Waals surface area contributed by atoms with Gasteiger partial charge in [0.25, 0.3) is 5.91 Å². The predicted molar refractivity (Wildman–Crippen MR) is 106 cm³/mol. The average Bonchev–Trinajstić information content (AvgIpc) is 2.87. The topological polar surface area (TPSA) is 49.8 Å². The third-order valence-corrected chi connectivity index (χ3v) is 5.13. The summed E-state index contributed by atoms with van der Waals surface area (Å²) in [6.45, 7) is 2.13. The summed E-state index contributed by atoms with van der Waals surface area (Å²) in [6.07, 6.45) is 1.58. The fraction of sp³-hybridized carbons (Fsp3) is 0.111. The molecule has 3 rings (SSSR count). The molecule has 0 unspecified atom stereocenters. The van der Waals surface area contributed by atoms with E-state index in [-0.39, 0.29) is 26.5 Å². The van der Waals surface area contributed by atoms with Gasteiger partial charge in [0.2, 0.25) is 0 Å². The van der Waals surface area contributed by atoms with E-state index >= 15 is 0 Å². The molecule has 1 N–H and O–H groups in total. The number of carbonyl (C=O) groups is 1. The SMILES string of the molecule is CCOc1cc(/C=C2/SC(=S)N(c3ccccc3F)C2=O)cc(Cl)c1O. The van der Waals surface area contributed by atoms with Gasteiger partial charge < -0.3 is 9.84 Å². The molecule has 4 nitrogen and oxygen atoms in total. The Morgan fingerprint density at radius 2 is 2.12 bits per heavy atom. The third kappa shape index (κ3) is 3.56. The molecule has 0 aromatic heterocycles. The molecule has 1 fully saturated rings. The van der Waals surface area contributed by atoms with Crippen LogP contribution >= 0.6 is 35.6 Å². The van der Waals surface area contributed by atoms with Gasteiger partial charge in [-0.15, -0.1) is 0 Å². The number of ether oxygens (including phenoxy) is 1. The standard InChI is InChI=1S/C18H13ClFNO3S2/c1-2-24-14-8-10(7-11(19)16(14)22)9-15-17(23)21(18(25)26-15)13-6-4-3-5-12(13)20/h3-9,22H,2H2,1H3/b15-9+. The number of nitrogens with zero attached hydrogens (tertiary/aromatic N) is 1. The smallest absolute Gasteiger partial charge is 0.270 e. The molecule has 1 aliphatic heterocycles. The first-order valence-electron chi connectivity index (χ1n) is 7.60. The number of phenols is 1. The number of halogens is 2. The van der Waals surface area contributed by atoms with Gasteiger partial charge in [0.05, 0.1) is 22.2 Å². The molecule has 134 valence electrons. The second-order valence-electron chi connectivity index (χ2n) is 5.25. The lowest BCUT2D eigenvalue weighted by Gasteiger charge is -2.14. The highest BCUT2D eigenvalue weighted by atomic mass is 35.5. The van der Waals surface area contributed by atoms with Gasteiger partial charge in [0.15, 0.2) is 15.8 Å². The lowest BCUT2D eigenvalue weighted by atomic mass is 10.1. The number of para-hydroxylation sites is 1. The Kier molecular flexibility index (Phi) is 5.50. The first kappa shape index (κ1) is 18.7. The summed E-state index contributed by atoms with van der Waals surface area (Å²) in [5.74, 6) is -0.899. The van der Waals surface area contributed by atoms with Crippen molar-refractivity contribution >= 4 is 57.6 Å². The maximum Gasteiger partial charge on any atom is 0.270 e. The third-order valence-electron chi connectivity index (χ3n) is 3.54. The zero-order valence-corrected chi connectivity index (χ0v) is 15.9. The van der Waals surface area contributed by atoms with E-state index in [9.17, 15) is 14.3 Å². The van der Waals surface area contributed by atoms with Crippen LogP contribution in [0.1, 0.15) is 12.5 Å². The zero-order valence-electron chi connectivity index (χ0n) is 13.5. The van der Waals surface area contributed by atoms with Gasteiger partial charge in [-0.2, -0.15) is 0 Å². The first-order valence-corrected chi connectivity index (χ1v) is 9.20. The highest BCUT2D eigenvalue weighted by molar-refractivity contribution is 8.27. The Morgan fingerprint density at radius 3 is 2.81 bits per heavy atom. The van der Waals surface area contributed by atoms with E-state index in [2.05, 4.69) is 0 Å². The van der Waals surface area contributed by atoms with E-state index in [4.69, 9.17) is 28.6 Å². The minimum absolute atomic E-state index is 0.104. The van der Waals surface area contributed by atoms with Crippen molar-refractivity contribution in [2.45, 2.75) is 6.92 Å². The van der Waals surface area contributed by atoms with Crippen LogP contribution in [-0.4, -0.2) is 21.9 Å². The summed E-state index contributed by atoms with van der Waals surface area (Å²) in [4.78, 5) is 14.2. The largest absolute Gasteiger partial charge is 0.503 e. The molecule has 0 radical (unpaired) electrons. The van der Waals surface area contributed by atoms with Crippen molar-refractivity contribution in [2.75, 3.05) is 11.5 Å². The molecule has 1 heterocycles. The average molecular weight is 410 g/mol. The van der Waals surface area contributed by atoms with E-state index < -0.39 is 11.7 Å². The highest BCUT2D eigenvalue weighted by Gasteiger charge is 2.34. The van der Waals surface area contributed by atoms with Crippen molar-refractivity contribution in [3.05, 3.63) is 57.7 Å². The van der Waals surface area contributed by atoms with E-state index in [1.54, 1.807) is 31.2 Å². The van der Waals surface area contributed by atoms with E-state index in [1.807, 2.05) is 0 Å². The van der Waals surface area contributed by atoms with Crippen LogP contribution in [0, 0.1) is 5.82 Å². The Bertz CT molecular complexity index is 933. The van der Waals surface area contributed by atoms with Crippen LogP contribution in [0.5, 0.6) is 11.5 Å². The highest BCUT2D eigenvalue weighted by Crippen LogP contribution is 2.39. The number of phenolic OH excluding ortho intramolecular Hbond substituents is 1. The minimum Gasteiger partial charge on any atom is -0.503 e. The number of thioether (sulfide) groups is 1. The van der Waals surface area contributed by atoms with Crippen molar-refractivity contribution in [3.63, 3.8) is 0 Å². The summed E-state index contributed by atoms with van der Waals surface area (Å²) in [7, 11) is 0. The quantitative estimate of drug-likeness (QED) is 0.569. The molecule has 1 saturated heterocycles. The van der Waals surface area contributed by atoms with Crippen LogP contribution < -0.4 is 9.64 Å². The van der Waals surface area contributed by atoms with E-state index in [0.717, 1.165) is 16.7 Å². The molecule has 1 amide bonds. The van der Waals surface area contributed by atoms with Crippen LogP contribution in [0.25, 0.3) is 6.08 Å². The van der Waals surface area contributed by atoms with Gasteiger partial charge in [0, 0.05) is 0 Å². The number of carbonyl (C=O) groups excluding carboxylic acids is 1. The van der Waals surface area contributed by atoms with Gasteiger partial charge >= 0.3 is 0 Å². The van der Waals surface area contributed by atoms with Gasteiger partial charge in [-0.05, 0) is 42.8 Å². The number of amides is 1. The van der Waals surface area contributed by atoms with Crippen LogP contribution in [0.4, 0.5) is 10.1 Å². The Morgan fingerprint density at radius 1 is 1.38 bits per heavy atom. The zero-order chi connectivity index (χ0) is 18.8. The molecule has 2 aromatic carbocycles. The van der Waals surface area contributed by atoms with Crippen LogP contribution in [-0.2, 0) is 4.79 Å². The van der Waals surface area contributed by atoms with Gasteiger partial charge in [-0.25, -0.2) is 4.39 Å². The van der Waals surface area contributed by atoms with Crippen LogP contribution in [0.3, 0.4) is 0 Å². The summed E-state index contributed by atoms with van der Waals surface area (Å²) in [5, 5.41) is 10.0. The van der Waals surface area contributed by atoms with Gasteiger partial charge in [0.1, 0.15) is 5.82 Å². The van der Waals surface area contributed by atoms with Crippen molar-refractivity contribution in [3.8, 4) is 11.5 Å². The monoisotopic (exact) mass is 409 g/mol. The molecular weight excluding hydrogens is 397 g/mol. The van der Waals surface area contributed by atoms with E-state index in [1.165, 1.54) is 18.2 Å². The van der Waals surface area contributed by atoms with Crippen molar-refractivity contribution in [1.29, 1.82) is 0 Å². The van der Waals surface area contributed by atoms with Crippen molar-refractivity contribution < 1.29 is 19.0 Å². The van der Waals surface area contributed by atoms with E-state index in [0.29, 0.717) is 17.1 Å². The summed E-state index contributed by atoms with van der Waals surface area (Å²) >= 11 is 12.3. The lowest BCUT2D eigenvalue weighted by Crippen LogP contribution is -2.28. The minimum atomic E-state index is -0.531. The van der Waals surface area contributed by atoms with Crippen LogP contribution in [0.2, 0.25) is 5.02 Å². The maximum atomic E-state index is 14.0. The molecule has 8 heteroatoms. The second-order valence-corrected chi connectivity index (χ2v) is 7.33. The molecule has 2 aromatic rings. The Hall–Kier alpha value is -2.09. The molecule has 0 atom stereocenters. The second kappa shape index (κ2) is 7.65. The van der Waals surface area contributed by atoms with Gasteiger partial charge in [-0.1, -0.05) is 47.7 Å². The first-order chi connectivity index (χ1) is 12.4. The molecule has 0 bridgehead atoms. The summed E-state index contributed by atoms with van der Waals surface area (Å²) in [5.41, 5.74) is 0.669. The molecule has 26 heavy (non-hydrogen) atoms. The Labute approximate surface area is 164 Å². The molecule has 1 aliphatic rings. The van der Waals surface area contributed by atoms with Gasteiger partial charge in [-0.3, -0.25) is 9.69 Å². The number of benzene rings is 2. The van der Waals surface area contributed by atoms with Crippen molar-refractivity contribution in [1.82, 2.24) is 0 Å². The number of rotatable bonds is 4. The fourth-order valence-corrected chi connectivity index (χ4v) is 3.91. The molecule has 0 aliphatic carbocycles. The predicted octanol–water partition coefficient (Wildman–Crippen LogP) is 4.99. The summed E-state index contributed by atoms with van der Waals surface area (Å²) < 4.78 is 19.6. The summed E-state index contributed by atoms with van der Waals surface area (Å²) in [6, 6.07) is 9.02. The number of hydrogen-bond acceptors (Lipinski definition) is 5. The normalized spacial score (nSPS) is 15.8.